The van der Waals surface area contributed by atoms with Gasteiger partial charge in [-0.3, -0.25) is 0 Å². The molecule has 0 saturated heterocycles. The maximum Gasteiger partial charge on any atom is 0.164 e. The van der Waals surface area contributed by atoms with Crippen molar-refractivity contribution in [3.8, 4) is 11.5 Å². The van der Waals surface area contributed by atoms with Gasteiger partial charge in [0, 0.05) is 11.1 Å². The van der Waals surface area contributed by atoms with Gasteiger partial charge in [-0.2, -0.15) is 0 Å². The zero-order valence-electron chi connectivity index (χ0n) is 10.2. The van der Waals surface area contributed by atoms with Crippen molar-refractivity contribution in [1.82, 2.24) is 0 Å². The van der Waals surface area contributed by atoms with Gasteiger partial charge in [-0.05, 0) is 37.3 Å². The van der Waals surface area contributed by atoms with Gasteiger partial charge in [-0.1, -0.05) is 18.5 Å². The molecular formula is C13H18ClNO2. The van der Waals surface area contributed by atoms with Crippen molar-refractivity contribution >= 4 is 11.6 Å². The van der Waals surface area contributed by atoms with Crippen molar-refractivity contribution in [2.75, 3.05) is 7.11 Å². The molecule has 0 bridgehead atoms. The summed E-state index contributed by atoms with van der Waals surface area (Å²) >= 11 is 6.34. The fourth-order valence-electron chi connectivity index (χ4n) is 2.35. The van der Waals surface area contributed by atoms with Crippen molar-refractivity contribution in [3.63, 3.8) is 0 Å². The number of aryl methyl sites for hydroxylation is 1. The monoisotopic (exact) mass is 255 g/mol. The van der Waals surface area contributed by atoms with Crippen molar-refractivity contribution in [1.29, 1.82) is 0 Å². The van der Waals surface area contributed by atoms with Crippen LogP contribution < -0.4 is 10.5 Å². The standard InChI is InChI=1S/C13H18ClNO2/c1-3-8-7-9(17-2)12(16)10(11(8)14)13(15)5-4-6-13/h7,16H,3-6,15H2,1-2H3. The van der Waals surface area contributed by atoms with Gasteiger partial charge in [0.2, 0.25) is 0 Å². The molecule has 0 amide bonds. The Morgan fingerprint density at radius 3 is 2.59 bits per heavy atom. The maximum atomic E-state index is 10.2. The average Bonchev–Trinajstić information content (AvgIpc) is 2.27. The number of methoxy groups -OCH3 is 1. The number of aromatic hydroxyl groups is 1. The number of hydrogen-bond donors (Lipinski definition) is 2. The summed E-state index contributed by atoms with van der Waals surface area (Å²) in [5.74, 6) is 0.551. The first-order valence-electron chi connectivity index (χ1n) is 5.91. The molecule has 1 aliphatic carbocycles. The second-order valence-electron chi connectivity index (χ2n) is 4.64. The van der Waals surface area contributed by atoms with E-state index in [1.165, 1.54) is 7.11 Å². The van der Waals surface area contributed by atoms with Crippen molar-refractivity contribution in [2.45, 2.75) is 38.1 Å². The van der Waals surface area contributed by atoms with Crippen LogP contribution in [0.25, 0.3) is 0 Å². The quantitative estimate of drug-likeness (QED) is 0.873. The molecule has 4 heteroatoms. The minimum Gasteiger partial charge on any atom is -0.504 e. The summed E-state index contributed by atoms with van der Waals surface area (Å²) < 4.78 is 5.18. The van der Waals surface area contributed by atoms with Crippen molar-refractivity contribution in [3.05, 3.63) is 22.2 Å². The normalized spacial score (nSPS) is 17.6. The Hall–Kier alpha value is -0.930. The van der Waals surface area contributed by atoms with E-state index >= 15 is 0 Å². The summed E-state index contributed by atoms with van der Waals surface area (Å²) in [5, 5.41) is 10.8. The molecule has 1 fully saturated rings. The van der Waals surface area contributed by atoms with E-state index in [1.807, 2.05) is 6.92 Å². The molecule has 0 radical (unpaired) electrons. The molecule has 0 heterocycles. The maximum absolute atomic E-state index is 10.2. The van der Waals surface area contributed by atoms with Crippen molar-refractivity contribution in [2.24, 2.45) is 5.73 Å². The smallest absolute Gasteiger partial charge is 0.164 e. The molecule has 0 atom stereocenters. The van der Waals surface area contributed by atoms with Crippen LogP contribution >= 0.6 is 11.6 Å². The average molecular weight is 256 g/mol. The predicted octanol–water partition coefficient (Wildman–Crippen LogP) is 2.95. The first kappa shape index (κ1) is 12.5. The van der Waals surface area contributed by atoms with Crippen LogP contribution in [0.2, 0.25) is 5.02 Å². The van der Waals surface area contributed by atoms with Crippen LogP contribution in [0.4, 0.5) is 0 Å². The van der Waals surface area contributed by atoms with Crippen LogP contribution in [0.3, 0.4) is 0 Å². The zero-order valence-corrected chi connectivity index (χ0v) is 11.0. The van der Waals surface area contributed by atoms with Gasteiger partial charge in [0.15, 0.2) is 11.5 Å². The number of phenols is 1. The summed E-state index contributed by atoms with van der Waals surface area (Å²) in [6.07, 6.45) is 3.58. The number of rotatable bonds is 3. The third-order valence-corrected chi connectivity index (χ3v) is 4.05. The first-order chi connectivity index (χ1) is 8.03. The molecule has 1 aromatic rings. The Morgan fingerprint density at radius 1 is 1.53 bits per heavy atom. The second-order valence-corrected chi connectivity index (χ2v) is 5.02. The number of nitrogens with two attached hydrogens (primary N) is 1. The number of benzene rings is 1. The van der Waals surface area contributed by atoms with Gasteiger partial charge >= 0.3 is 0 Å². The van der Waals surface area contributed by atoms with Gasteiger partial charge < -0.3 is 15.6 Å². The van der Waals surface area contributed by atoms with Gasteiger partial charge in [-0.25, -0.2) is 0 Å². The van der Waals surface area contributed by atoms with Crippen molar-refractivity contribution < 1.29 is 9.84 Å². The van der Waals surface area contributed by atoms with E-state index < -0.39 is 5.54 Å². The minimum atomic E-state index is -0.486. The number of ether oxygens (including phenoxy) is 1. The van der Waals surface area contributed by atoms with Crippen LogP contribution in [-0.2, 0) is 12.0 Å². The van der Waals surface area contributed by atoms with E-state index in [-0.39, 0.29) is 5.75 Å². The Kier molecular flexibility index (Phi) is 3.23. The molecule has 0 unspecified atom stereocenters. The molecule has 0 spiro atoms. The number of halogens is 1. The van der Waals surface area contributed by atoms with Crippen LogP contribution in [0.1, 0.15) is 37.3 Å². The SMILES string of the molecule is CCc1cc(OC)c(O)c(C2(N)CCC2)c1Cl. The van der Waals surface area contributed by atoms with E-state index in [9.17, 15) is 5.11 Å². The molecule has 1 saturated carbocycles. The van der Waals surface area contributed by atoms with Gasteiger partial charge in [0.05, 0.1) is 12.1 Å². The van der Waals surface area contributed by atoms with Crippen LogP contribution in [0, 0.1) is 0 Å². The first-order valence-corrected chi connectivity index (χ1v) is 6.29. The summed E-state index contributed by atoms with van der Waals surface area (Å²) in [5.41, 5.74) is 7.41. The number of phenolic OH excluding ortho intramolecular Hbond substituents is 1. The van der Waals surface area contributed by atoms with E-state index in [0.29, 0.717) is 16.3 Å². The fraction of sp³-hybridized carbons (Fsp3) is 0.538. The van der Waals surface area contributed by atoms with E-state index in [2.05, 4.69) is 0 Å². The molecule has 0 aliphatic heterocycles. The molecule has 1 aliphatic rings. The van der Waals surface area contributed by atoms with Crippen LogP contribution in [0.5, 0.6) is 11.5 Å². The van der Waals surface area contributed by atoms with E-state index in [0.717, 1.165) is 31.2 Å². The fourth-order valence-corrected chi connectivity index (χ4v) is 2.82. The Bertz CT molecular complexity index is 413. The summed E-state index contributed by atoms with van der Waals surface area (Å²) in [6, 6.07) is 1.78. The van der Waals surface area contributed by atoms with Gasteiger partial charge in [-0.15, -0.1) is 0 Å². The lowest BCUT2D eigenvalue weighted by Crippen LogP contribution is -2.43. The highest BCUT2D eigenvalue weighted by Crippen LogP contribution is 2.49. The Balaban J connectivity index is 2.62. The van der Waals surface area contributed by atoms with E-state index in [4.69, 9.17) is 22.1 Å². The van der Waals surface area contributed by atoms with Gasteiger partial charge in [0.25, 0.3) is 0 Å². The molecule has 1 aromatic carbocycles. The van der Waals surface area contributed by atoms with Gasteiger partial charge in [0.1, 0.15) is 0 Å². The lowest BCUT2D eigenvalue weighted by molar-refractivity contribution is 0.242. The lowest BCUT2D eigenvalue weighted by Gasteiger charge is -2.40. The lowest BCUT2D eigenvalue weighted by atomic mass is 9.72. The topological polar surface area (TPSA) is 55.5 Å². The number of hydrogen-bond acceptors (Lipinski definition) is 3. The Morgan fingerprint density at radius 2 is 2.18 bits per heavy atom. The third kappa shape index (κ3) is 1.87. The highest BCUT2D eigenvalue weighted by atomic mass is 35.5. The highest BCUT2D eigenvalue weighted by Gasteiger charge is 2.39. The zero-order chi connectivity index (χ0) is 12.6. The third-order valence-electron chi connectivity index (χ3n) is 3.62. The summed E-state index contributed by atoms with van der Waals surface area (Å²) in [7, 11) is 1.54. The molecule has 94 valence electrons. The summed E-state index contributed by atoms with van der Waals surface area (Å²) in [4.78, 5) is 0. The molecular weight excluding hydrogens is 238 g/mol. The molecule has 2 rings (SSSR count). The largest absolute Gasteiger partial charge is 0.504 e. The highest BCUT2D eigenvalue weighted by molar-refractivity contribution is 6.32. The summed E-state index contributed by atoms with van der Waals surface area (Å²) in [6.45, 7) is 2.02. The molecule has 3 nitrogen and oxygen atoms in total. The minimum absolute atomic E-state index is 0.0944. The van der Waals surface area contributed by atoms with E-state index in [1.54, 1.807) is 6.07 Å². The van der Waals surface area contributed by atoms with Crippen LogP contribution in [0.15, 0.2) is 6.07 Å². The van der Waals surface area contributed by atoms with Crippen LogP contribution in [-0.4, -0.2) is 12.2 Å². The predicted molar refractivity (Wildman–Crippen MR) is 68.8 cm³/mol. The Labute approximate surface area is 107 Å². The second kappa shape index (κ2) is 4.39. The molecule has 3 N–H and O–H groups in total. The molecule has 0 aromatic heterocycles. The molecule has 17 heavy (non-hydrogen) atoms.